The minimum absolute atomic E-state index is 0.280. The number of pyridine rings is 1. The van der Waals surface area contributed by atoms with Crippen LogP contribution in [0, 0.1) is 5.92 Å². The molecule has 4 heterocycles. The molecular formula is C27H33N9O2S. The number of thiazole rings is 1. The fraction of sp³-hybridized carbons (Fsp3) is 0.444. The van der Waals surface area contributed by atoms with Gasteiger partial charge in [0.05, 0.1) is 30.0 Å². The summed E-state index contributed by atoms with van der Waals surface area (Å²) in [4.78, 5) is 14.2. The number of nitrogens with zero attached hydrogens (tertiary/aromatic N) is 7. The van der Waals surface area contributed by atoms with Gasteiger partial charge < -0.3 is 20.5 Å². The van der Waals surface area contributed by atoms with E-state index in [1.54, 1.807) is 6.20 Å². The molecule has 204 valence electrons. The molecular weight excluding hydrogens is 514 g/mol. The maximum absolute atomic E-state index is 9.49. The van der Waals surface area contributed by atoms with Crippen molar-refractivity contribution < 1.29 is 9.84 Å². The number of aliphatic hydroxyl groups is 1. The highest BCUT2D eigenvalue weighted by molar-refractivity contribution is 7.18. The van der Waals surface area contributed by atoms with Gasteiger partial charge in [0.2, 0.25) is 5.82 Å². The summed E-state index contributed by atoms with van der Waals surface area (Å²) in [6, 6.07) is 14.3. The molecule has 0 amide bonds. The lowest BCUT2D eigenvalue weighted by Gasteiger charge is -2.29. The third kappa shape index (κ3) is 6.59. The summed E-state index contributed by atoms with van der Waals surface area (Å²) in [5, 5.41) is 30.2. The first-order valence-corrected chi connectivity index (χ1v) is 14.3. The molecule has 4 aromatic rings. The van der Waals surface area contributed by atoms with Crippen LogP contribution in [0.25, 0.3) is 16.4 Å². The molecule has 0 atom stereocenters. The second kappa shape index (κ2) is 12.2. The number of anilines is 3. The molecule has 1 saturated heterocycles. The number of aliphatic hydroxyl groups excluding tert-OH is 1. The van der Waals surface area contributed by atoms with Crippen LogP contribution in [-0.2, 0) is 11.3 Å². The van der Waals surface area contributed by atoms with Crippen molar-refractivity contribution in [2.75, 3.05) is 43.5 Å². The van der Waals surface area contributed by atoms with Gasteiger partial charge in [-0.1, -0.05) is 29.5 Å². The standard InChI is InChI=1S/C27H33N9O2S/c37-18-19-6-8-21(9-7-19)29-24-14-20(17-35-10-12-38-13-11-35)15-25(30-24)31-27-28-16-23(39-27)26-32-34-36(33-26)22-4-2-1-3-5-22/h1-5,14-16,19,21,37H,6-13,17-18H2,(H2,28,29,30,31). The summed E-state index contributed by atoms with van der Waals surface area (Å²) >= 11 is 1.46. The number of hydrogen-bond acceptors (Lipinski definition) is 11. The van der Waals surface area contributed by atoms with E-state index >= 15 is 0 Å². The molecule has 1 aliphatic carbocycles. The first-order valence-electron chi connectivity index (χ1n) is 13.5. The summed E-state index contributed by atoms with van der Waals surface area (Å²) in [6.45, 7) is 4.49. The van der Waals surface area contributed by atoms with Crippen LogP contribution in [0.15, 0.2) is 48.7 Å². The van der Waals surface area contributed by atoms with Crippen LogP contribution in [0.2, 0.25) is 0 Å². The summed E-state index contributed by atoms with van der Waals surface area (Å²) < 4.78 is 5.53. The van der Waals surface area contributed by atoms with E-state index in [4.69, 9.17) is 9.72 Å². The zero-order valence-corrected chi connectivity index (χ0v) is 22.6. The van der Waals surface area contributed by atoms with E-state index in [1.807, 2.05) is 30.3 Å². The molecule has 39 heavy (non-hydrogen) atoms. The van der Waals surface area contributed by atoms with E-state index in [1.165, 1.54) is 21.7 Å². The van der Waals surface area contributed by atoms with Gasteiger partial charge in [0.25, 0.3) is 0 Å². The first kappa shape index (κ1) is 25.8. The SMILES string of the molecule is OCC1CCC(Nc2cc(CN3CCOCC3)cc(Nc3ncc(-c4nnn(-c5ccccc5)n4)s3)n2)CC1. The van der Waals surface area contributed by atoms with Gasteiger partial charge in [0.15, 0.2) is 5.13 Å². The van der Waals surface area contributed by atoms with Crippen LogP contribution in [0.5, 0.6) is 0 Å². The largest absolute Gasteiger partial charge is 0.396 e. The van der Waals surface area contributed by atoms with Gasteiger partial charge in [-0.05, 0) is 66.6 Å². The van der Waals surface area contributed by atoms with Crippen LogP contribution in [0.4, 0.5) is 16.8 Å². The third-order valence-electron chi connectivity index (χ3n) is 7.21. The van der Waals surface area contributed by atoms with Crippen molar-refractivity contribution in [2.24, 2.45) is 5.92 Å². The summed E-state index contributed by atoms with van der Waals surface area (Å²) in [7, 11) is 0. The molecule has 3 N–H and O–H groups in total. The molecule has 0 unspecified atom stereocenters. The van der Waals surface area contributed by atoms with Crippen molar-refractivity contribution in [3.05, 3.63) is 54.2 Å². The fourth-order valence-corrected chi connectivity index (χ4v) is 5.81. The van der Waals surface area contributed by atoms with Crippen molar-refractivity contribution in [3.8, 4) is 16.4 Å². The number of para-hydroxylation sites is 1. The fourth-order valence-electron chi connectivity index (χ4n) is 5.06. The average molecular weight is 548 g/mol. The summed E-state index contributed by atoms with van der Waals surface area (Å²) in [6.07, 6.45) is 5.91. The van der Waals surface area contributed by atoms with E-state index in [0.29, 0.717) is 22.9 Å². The van der Waals surface area contributed by atoms with Gasteiger partial charge in [-0.2, -0.15) is 0 Å². The molecule has 1 aromatic carbocycles. The zero-order chi connectivity index (χ0) is 26.4. The summed E-state index contributed by atoms with van der Waals surface area (Å²) in [5.41, 5.74) is 2.04. The molecule has 1 aliphatic heterocycles. The number of morpholine rings is 1. The van der Waals surface area contributed by atoms with Crippen LogP contribution in [0.1, 0.15) is 31.2 Å². The predicted octanol–water partition coefficient (Wildman–Crippen LogP) is 3.72. The highest BCUT2D eigenvalue weighted by Gasteiger charge is 2.21. The Hall–Kier alpha value is -3.45. The smallest absolute Gasteiger partial charge is 0.216 e. The van der Waals surface area contributed by atoms with Gasteiger partial charge in [-0.15, -0.1) is 15.0 Å². The Morgan fingerprint density at radius 3 is 2.62 bits per heavy atom. The average Bonchev–Trinajstić information content (AvgIpc) is 3.65. The first-order chi connectivity index (χ1) is 19.2. The van der Waals surface area contributed by atoms with Gasteiger partial charge in [-0.25, -0.2) is 9.97 Å². The van der Waals surface area contributed by atoms with Crippen molar-refractivity contribution >= 4 is 28.1 Å². The Kier molecular flexibility index (Phi) is 8.05. The number of nitrogens with one attached hydrogen (secondary N) is 2. The van der Waals surface area contributed by atoms with Crippen LogP contribution >= 0.6 is 11.3 Å². The number of aromatic nitrogens is 6. The third-order valence-corrected chi connectivity index (χ3v) is 8.12. The number of rotatable bonds is 9. The normalized spacial score (nSPS) is 20.1. The molecule has 0 radical (unpaired) electrons. The maximum atomic E-state index is 9.49. The lowest BCUT2D eigenvalue weighted by atomic mass is 9.86. The lowest BCUT2D eigenvalue weighted by molar-refractivity contribution is 0.0342. The Morgan fingerprint density at radius 2 is 1.82 bits per heavy atom. The van der Waals surface area contributed by atoms with E-state index in [-0.39, 0.29) is 6.61 Å². The van der Waals surface area contributed by atoms with Crippen LogP contribution < -0.4 is 10.6 Å². The minimum Gasteiger partial charge on any atom is -0.396 e. The predicted molar refractivity (Wildman–Crippen MR) is 150 cm³/mol. The Morgan fingerprint density at radius 1 is 1.03 bits per heavy atom. The molecule has 2 fully saturated rings. The molecule has 6 rings (SSSR count). The molecule has 11 nitrogen and oxygen atoms in total. The highest BCUT2D eigenvalue weighted by Crippen LogP contribution is 2.30. The monoisotopic (exact) mass is 547 g/mol. The molecule has 1 saturated carbocycles. The highest BCUT2D eigenvalue weighted by atomic mass is 32.1. The number of tetrazole rings is 1. The molecule has 0 spiro atoms. The van der Waals surface area contributed by atoms with Crippen LogP contribution in [-0.4, -0.2) is 79.1 Å². The molecule has 12 heteroatoms. The maximum Gasteiger partial charge on any atom is 0.216 e. The second-order valence-corrected chi connectivity index (χ2v) is 11.1. The van der Waals surface area contributed by atoms with E-state index < -0.39 is 0 Å². The van der Waals surface area contributed by atoms with Gasteiger partial charge in [-0.3, -0.25) is 4.90 Å². The molecule has 3 aromatic heterocycles. The quantitative estimate of drug-likeness (QED) is 0.285. The van der Waals surface area contributed by atoms with Gasteiger partial charge in [0, 0.05) is 32.3 Å². The summed E-state index contributed by atoms with van der Waals surface area (Å²) in [5.74, 6) is 2.55. The van der Waals surface area contributed by atoms with E-state index in [0.717, 1.165) is 80.7 Å². The van der Waals surface area contributed by atoms with Gasteiger partial charge in [0.1, 0.15) is 11.6 Å². The zero-order valence-electron chi connectivity index (χ0n) is 21.7. The lowest BCUT2D eigenvalue weighted by Crippen LogP contribution is -2.35. The number of benzene rings is 1. The molecule has 0 bridgehead atoms. The van der Waals surface area contributed by atoms with Crippen molar-refractivity contribution in [1.82, 2.24) is 35.1 Å². The van der Waals surface area contributed by atoms with Crippen LogP contribution in [0.3, 0.4) is 0 Å². The molecule has 2 aliphatic rings. The minimum atomic E-state index is 0.280. The van der Waals surface area contributed by atoms with Crippen molar-refractivity contribution in [2.45, 2.75) is 38.3 Å². The number of ether oxygens (including phenoxy) is 1. The topological polar surface area (TPSA) is 126 Å². The Bertz CT molecular complexity index is 1350. The van der Waals surface area contributed by atoms with Crippen molar-refractivity contribution in [3.63, 3.8) is 0 Å². The van der Waals surface area contributed by atoms with E-state index in [9.17, 15) is 5.11 Å². The van der Waals surface area contributed by atoms with Crippen molar-refractivity contribution in [1.29, 1.82) is 0 Å². The van der Waals surface area contributed by atoms with E-state index in [2.05, 4.69) is 48.1 Å². The number of hydrogen-bond donors (Lipinski definition) is 3. The Balaban J connectivity index is 1.18. The Labute approximate surface area is 231 Å². The second-order valence-electron chi connectivity index (χ2n) is 10.1. The van der Waals surface area contributed by atoms with Gasteiger partial charge >= 0.3 is 0 Å².